The van der Waals surface area contributed by atoms with Crippen LogP contribution in [0.15, 0.2) is 6.07 Å². The molecule has 1 atom stereocenters. The number of nitrogens with zero attached hydrogens (tertiary/aromatic N) is 4. The molecule has 124 valence electrons. The summed E-state index contributed by atoms with van der Waals surface area (Å²) < 4.78 is 0. The topological polar surface area (TPSA) is 63.4 Å². The van der Waals surface area contributed by atoms with Gasteiger partial charge in [-0.3, -0.25) is 0 Å². The minimum Gasteiger partial charge on any atom is -0.387 e. The molecule has 1 N–H and O–H groups in total. The quantitative estimate of drug-likeness (QED) is 0.924. The van der Waals surface area contributed by atoms with Crippen molar-refractivity contribution in [3.63, 3.8) is 0 Å². The molecule has 0 radical (unpaired) electrons. The van der Waals surface area contributed by atoms with Crippen LogP contribution in [-0.4, -0.2) is 53.3 Å². The molecule has 2 fully saturated rings. The molecule has 2 saturated heterocycles. The summed E-state index contributed by atoms with van der Waals surface area (Å²) in [6.45, 7) is 8.14. The van der Waals surface area contributed by atoms with E-state index in [1.54, 1.807) is 0 Å². The van der Waals surface area contributed by atoms with Crippen molar-refractivity contribution in [2.24, 2.45) is 0 Å². The third kappa shape index (κ3) is 3.49. The van der Waals surface area contributed by atoms with Crippen LogP contribution in [0.2, 0.25) is 0 Å². The predicted molar refractivity (Wildman–Crippen MR) is 90.5 cm³/mol. The Balaban J connectivity index is 1.75. The molecular weight excluding hydrogens is 288 g/mol. The van der Waals surface area contributed by atoms with Crippen LogP contribution < -0.4 is 4.90 Å². The Morgan fingerprint density at radius 2 is 2.00 bits per heavy atom. The number of hydrogen-bond acceptors (Lipinski definition) is 5. The maximum atomic E-state index is 11.0. The van der Waals surface area contributed by atoms with Crippen LogP contribution in [0.4, 0.5) is 5.82 Å². The van der Waals surface area contributed by atoms with E-state index in [9.17, 15) is 10.4 Å². The maximum absolute atomic E-state index is 11.0. The van der Waals surface area contributed by atoms with Crippen LogP contribution in [0, 0.1) is 25.2 Å². The van der Waals surface area contributed by atoms with E-state index in [2.05, 4.69) is 20.9 Å². The predicted octanol–water partition coefficient (Wildman–Crippen LogP) is 2.00. The number of aromatic nitrogens is 1. The molecule has 3 rings (SSSR count). The van der Waals surface area contributed by atoms with Crippen molar-refractivity contribution in [2.45, 2.75) is 45.1 Å². The number of hydrogen-bond donors (Lipinski definition) is 1. The van der Waals surface area contributed by atoms with Gasteiger partial charge >= 0.3 is 0 Å². The van der Waals surface area contributed by atoms with E-state index in [0.717, 1.165) is 49.7 Å². The van der Waals surface area contributed by atoms with Gasteiger partial charge in [0.15, 0.2) is 0 Å². The van der Waals surface area contributed by atoms with Crippen molar-refractivity contribution in [2.75, 3.05) is 37.6 Å². The van der Waals surface area contributed by atoms with Gasteiger partial charge in [-0.2, -0.15) is 5.26 Å². The number of nitriles is 1. The Morgan fingerprint density at radius 1 is 1.26 bits per heavy atom. The SMILES string of the molecule is Cc1cc(C)c(C#N)c(N2CCC(O)(CN3CCCCC3)C2)n1. The number of aryl methyl sites for hydroxylation is 2. The normalized spacial score (nSPS) is 25.6. The van der Waals surface area contributed by atoms with Gasteiger partial charge in [0.25, 0.3) is 0 Å². The first-order chi connectivity index (χ1) is 11.0. The Bertz CT molecular complexity index is 618. The number of likely N-dealkylation sites (tertiary alicyclic amines) is 1. The summed E-state index contributed by atoms with van der Waals surface area (Å²) in [5.41, 5.74) is 1.82. The van der Waals surface area contributed by atoms with E-state index in [1.807, 2.05) is 19.9 Å². The molecule has 0 saturated carbocycles. The fourth-order valence-corrected chi connectivity index (χ4v) is 3.88. The summed E-state index contributed by atoms with van der Waals surface area (Å²) in [5.74, 6) is 0.736. The van der Waals surface area contributed by atoms with Crippen molar-refractivity contribution in [1.29, 1.82) is 5.26 Å². The summed E-state index contributed by atoms with van der Waals surface area (Å²) in [5, 5.41) is 20.4. The smallest absolute Gasteiger partial charge is 0.147 e. The highest BCUT2D eigenvalue weighted by molar-refractivity contribution is 5.59. The van der Waals surface area contributed by atoms with Gasteiger partial charge in [0.2, 0.25) is 0 Å². The summed E-state index contributed by atoms with van der Waals surface area (Å²) in [4.78, 5) is 9.05. The monoisotopic (exact) mass is 314 g/mol. The van der Waals surface area contributed by atoms with Crippen LogP contribution in [0.3, 0.4) is 0 Å². The Labute approximate surface area is 138 Å². The molecule has 0 aromatic carbocycles. The van der Waals surface area contributed by atoms with E-state index in [1.165, 1.54) is 19.3 Å². The summed E-state index contributed by atoms with van der Waals surface area (Å²) in [6.07, 6.45) is 4.51. The van der Waals surface area contributed by atoms with Gasteiger partial charge in [-0.15, -0.1) is 0 Å². The van der Waals surface area contributed by atoms with Crippen LogP contribution in [0.1, 0.15) is 42.5 Å². The summed E-state index contributed by atoms with van der Waals surface area (Å²) in [6, 6.07) is 4.22. The zero-order valence-corrected chi connectivity index (χ0v) is 14.2. The van der Waals surface area contributed by atoms with Gasteiger partial charge in [0.05, 0.1) is 11.2 Å². The van der Waals surface area contributed by atoms with Gasteiger partial charge in [-0.1, -0.05) is 6.42 Å². The Kier molecular flexibility index (Phi) is 4.56. The fourth-order valence-electron chi connectivity index (χ4n) is 3.88. The average Bonchev–Trinajstić information content (AvgIpc) is 2.89. The summed E-state index contributed by atoms with van der Waals surface area (Å²) in [7, 11) is 0. The summed E-state index contributed by atoms with van der Waals surface area (Å²) >= 11 is 0. The van der Waals surface area contributed by atoms with E-state index in [0.29, 0.717) is 12.1 Å². The first-order valence-electron chi connectivity index (χ1n) is 8.59. The molecule has 0 amide bonds. The molecule has 23 heavy (non-hydrogen) atoms. The van der Waals surface area contributed by atoms with Gasteiger partial charge in [0, 0.05) is 25.3 Å². The molecule has 1 aromatic rings. The molecule has 2 aliphatic rings. The Morgan fingerprint density at radius 3 is 2.70 bits per heavy atom. The molecule has 0 aliphatic carbocycles. The van der Waals surface area contributed by atoms with Crippen LogP contribution in [0.25, 0.3) is 0 Å². The second kappa shape index (κ2) is 6.46. The van der Waals surface area contributed by atoms with Gasteiger partial charge in [-0.25, -0.2) is 4.98 Å². The molecule has 2 aliphatic heterocycles. The number of pyridine rings is 1. The number of rotatable bonds is 3. The third-order valence-electron chi connectivity index (χ3n) is 5.04. The van der Waals surface area contributed by atoms with Gasteiger partial charge in [-0.05, 0) is 57.8 Å². The highest BCUT2D eigenvalue weighted by atomic mass is 16.3. The minimum atomic E-state index is -0.691. The minimum absolute atomic E-state index is 0.564. The van der Waals surface area contributed by atoms with Crippen LogP contribution >= 0.6 is 0 Å². The molecule has 5 heteroatoms. The molecule has 5 nitrogen and oxygen atoms in total. The van der Waals surface area contributed by atoms with E-state index >= 15 is 0 Å². The van der Waals surface area contributed by atoms with Crippen molar-refractivity contribution in [1.82, 2.24) is 9.88 Å². The van der Waals surface area contributed by atoms with Crippen molar-refractivity contribution < 1.29 is 5.11 Å². The van der Waals surface area contributed by atoms with E-state index < -0.39 is 5.60 Å². The third-order valence-corrected chi connectivity index (χ3v) is 5.04. The number of β-amino-alcohol motifs (C(OH)–C–C–N with tert-alkyl or cyclic N) is 1. The lowest BCUT2D eigenvalue weighted by atomic mass is 10.0. The first-order valence-corrected chi connectivity index (χ1v) is 8.59. The Hall–Kier alpha value is -1.64. The zero-order chi connectivity index (χ0) is 16.4. The van der Waals surface area contributed by atoms with Crippen LogP contribution in [0.5, 0.6) is 0 Å². The molecule has 0 spiro atoms. The lowest BCUT2D eigenvalue weighted by Gasteiger charge is -2.33. The first kappa shape index (κ1) is 16.2. The molecule has 3 heterocycles. The molecule has 0 bridgehead atoms. The fraction of sp³-hybridized carbons (Fsp3) is 0.667. The number of anilines is 1. The van der Waals surface area contributed by atoms with Crippen molar-refractivity contribution >= 4 is 5.82 Å². The maximum Gasteiger partial charge on any atom is 0.147 e. The molecular formula is C18H26N4O. The number of piperidine rings is 1. The molecule has 1 aromatic heterocycles. The highest BCUT2D eigenvalue weighted by Gasteiger charge is 2.39. The lowest BCUT2D eigenvalue weighted by Crippen LogP contribution is -2.46. The van der Waals surface area contributed by atoms with Gasteiger partial charge in [0.1, 0.15) is 11.9 Å². The zero-order valence-electron chi connectivity index (χ0n) is 14.2. The van der Waals surface area contributed by atoms with Crippen molar-refractivity contribution in [3.05, 3.63) is 22.9 Å². The largest absolute Gasteiger partial charge is 0.387 e. The lowest BCUT2D eigenvalue weighted by molar-refractivity contribution is 0.0169. The van der Waals surface area contributed by atoms with Crippen molar-refractivity contribution in [3.8, 4) is 6.07 Å². The number of aliphatic hydroxyl groups is 1. The van der Waals surface area contributed by atoms with E-state index in [4.69, 9.17) is 0 Å². The second-order valence-electron chi connectivity index (χ2n) is 7.12. The standard InChI is InChI=1S/C18H26N4O/c1-14-10-15(2)20-17(16(14)11-19)22-9-6-18(23,13-22)12-21-7-4-3-5-8-21/h10,23H,3-9,12-13H2,1-2H3. The van der Waals surface area contributed by atoms with Gasteiger partial charge < -0.3 is 14.9 Å². The average molecular weight is 314 g/mol. The molecule has 1 unspecified atom stereocenters. The second-order valence-corrected chi connectivity index (χ2v) is 7.12. The van der Waals surface area contributed by atoms with E-state index in [-0.39, 0.29) is 0 Å². The highest BCUT2D eigenvalue weighted by Crippen LogP contribution is 2.30. The van der Waals surface area contributed by atoms with Crippen LogP contribution in [-0.2, 0) is 0 Å².